The average molecular weight is 427 g/mol. The topological polar surface area (TPSA) is 67.9 Å². The van der Waals surface area contributed by atoms with Gasteiger partial charge in [-0.15, -0.1) is 0 Å². The van der Waals surface area contributed by atoms with Crippen LogP contribution >= 0.6 is 0 Å². The van der Waals surface area contributed by atoms with E-state index in [2.05, 4.69) is 12.2 Å². The van der Waals surface area contributed by atoms with Gasteiger partial charge < -0.3 is 19.7 Å². The number of carbonyl (C=O) groups is 2. The summed E-state index contributed by atoms with van der Waals surface area (Å²) in [5, 5.41) is 2.96. The van der Waals surface area contributed by atoms with Gasteiger partial charge in [-0.05, 0) is 55.2 Å². The fourth-order valence-corrected chi connectivity index (χ4v) is 3.29. The molecule has 168 valence electrons. The van der Waals surface area contributed by atoms with E-state index in [4.69, 9.17) is 9.47 Å². The Hall–Kier alpha value is -3.02. The summed E-state index contributed by atoms with van der Waals surface area (Å²) in [7, 11) is 1.61. The first-order valence-corrected chi connectivity index (χ1v) is 10.9. The number of benzene rings is 2. The van der Waals surface area contributed by atoms with Crippen LogP contribution < -0.4 is 14.8 Å². The lowest BCUT2D eigenvalue weighted by Gasteiger charge is -2.30. The molecule has 0 heterocycles. The number of aryl methyl sites for hydroxylation is 1. The normalized spacial score (nSPS) is 11.5. The average Bonchev–Trinajstić information content (AvgIpc) is 2.78. The molecule has 2 amide bonds. The second-order valence-corrected chi connectivity index (χ2v) is 7.54. The van der Waals surface area contributed by atoms with Crippen molar-refractivity contribution in [2.45, 2.75) is 52.6 Å². The Labute approximate surface area is 185 Å². The molecule has 0 saturated heterocycles. The highest BCUT2D eigenvalue weighted by atomic mass is 16.5. The second kappa shape index (κ2) is 12.6. The van der Waals surface area contributed by atoms with Gasteiger partial charge in [-0.1, -0.05) is 44.5 Å². The maximum atomic E-state index is 13.2. The third kappa shape index (κ3) is 7.63. The van der Waals surface area contributed by atoms with E-state index in [0.29, 0.717) is 25.3 Å². The molecular formula is C25H34N2O4. The van der Waals surface area contributed by atoms with Gasteiger partial charge in [0.2, 0.25) is 5.91 Å². The molecule has 2 rings (SSSR count). The SMILES string of the molecule is CCCCNC(=O)C(CC)N(Cc1ccc(OC)cc1)C(=O)COc1cccc(C)c1. The van der Waals surface area contributed by atoms with Crippen LogP contribution in [-0.4, -0.2) is 43.0 Å². The number of amides is 2. The zero-order valence-electron chi connectivity index (χ0n) is 19.0. The molecule has 2 aromatic carbocycles. The quantitative estimate of drug-likeness (QED) is 0.519. The number of nitrogens with zero attached hydrogens (tertiary/aromatic N) is 1. The maximum absolute atomic E-state index is 13.2. The smallest absolute Gasteiger partial charge is 0.261 e. The Morgan fingerprint density at radius 3 is 2.42 bits per heavy atom. The number of hydrogen-bond acceptors (Lipinski definition) is 4. The van der Waals surface area contributed by atoms with Crippen LogP contribution in [0.3, 0.4) is 0 Å². The number of methoxy groups -OCH3 is 1. The van der Waals surface area contributed by atoms with E-state index in [1.807, 2.05) is 62.4 Å². The van der Waals surface area contributed by atoms with Crippen LogP contribution in [0.4, 0.5) is 0 Å². The number of hydrogen-bond donors (Lipinski definition) is 1. The molecule has 0 fully saturated rings. The summed E-state index contributed by atoms with van der Waals surface area (Å²) in [6.45, 7) is 6.76. The molecule has 0 aromatic heterocycles. The Morgan fingerprint density at radius 1 is 1.06 bits per heavy atom. The lowest BCUT2D eigenvalue weighted by molar-refractivity contribution is -0.143. The van der Waals surface area contributed by atoms with Crippen LogP contribution in [0.2, 0.25) is 0 Å². The fraction of sp³-hybridized carbons (Fsp3) is 0.440. The highest BCUT2D eigenvalue weighted by molar-refractivity contribution is 5.88. The van der Waals surface area contributed by atoms with Crippen molar-refractivity contribution in [1.82, 2.24) is 10.2 Å². The van der Waals surface area contributed by atoms with Crippen molar-refractivity contribution in [2.24, 2.45) is 0 Å². The molecule has 0 aliphatic carbocycles. The Balaban J connectivity index is 2.17. The van der Waals surface area contributed by atoms with Gasteiger partial charge in [0.05, 0.1) is 7.11 Å². The Bertz CT molecular complexity index is 836. The molecule has 6 heteroatoms. The van der Waals surface area contributed by atoms with Gasteiger partial charge in [0, 0.05) is 13.1 Å². The molecule has 0 radical (unpaired) electrons. The van der Waals surface area contributed by atoms with Crippen molar-refractivity contribution in [3.63, 3.8) is 0 Å². The number of carbonyl (C=O) groups excluding carboxylic acids is 2. The predicted molar refractivity (Wildman–Crippen MR) is 122 cm³/mol. The predicted octanol–water partition coefficient (Wildman–Crippen LogP) is 4.11. The van der Waals surface area contributed by atoms with E-state index in [1.54, 1.807) is 12.0 Å². The maximum Gasteiger partial charge on any atom is 0.261 e. The van der Waals surface area contributed by atoms with Crippen molar-refractivity contribution in [1.29, 1.82) is 0 Å². The van der Waals surface area contributed by atoms with E-state index >= 15 is 0 Å². The standard InChI is InChI=1S/C25H34N2O4/c1-5-7-15-26-25(29)23(6-2)27(17-20-11-13-21(30-4)14-12-20)24(28)18-31-22-10-8-9-19(3)16-22/h8-14,16,23H,5-7,15,17-18H2,1-4H3,(H,26,29). The summed E-state index contributed by atoms with van der Waals surface area (Å²) in [5.74, 6) is 1.02. The summed E-state index contributed by atoms with van der Waals surface area (Å²) >= 11 is 0. The summed E-state index contributed by atoms with van der Waals surface area (Å²) in [6.07, 6.45) is 2.42. The first kappa shape index (κ1) is 24.3. The molecule has 1 N–H and O–H groups in total. The molecule has 0 aliphatic heterocycles. The summed E-state index contributed by atoms with van der Waals surface area (Å²) in [4.78, 5) is 27.6. The van der Waals surface area contributed by atoms with Crippen LogP contribution in [0.25, 0.3) is 0 Å². The van der Waals surface area contributed by atoms with Crippen LogP contribution in [0.5, 0.6) is 11.5 Å². The van der Waals surface area contributed by atoms with E-state index in [0.717, 1.165) is 29.7 Å². The molecule has 0 spiro atoms. The van der Waals surface area contributed by atoms with E-state index < -0.39 is 6.04 Å². The molecule has 1 atom stereocenters. The van der Waals surface area contributed by atoms with Crippen molar-refractivity contribution in [3.8, 4) is 11.5 Å². The molecule has 0 bridgehead atoms. The largest absolute Gasteiger partial charge is 0.497 e. The molecule has 0 saturated carbocycles. The van der Waals surface area contributed by atoms with Crippen molar-refractivity contribution in [3.05, 3.63) is 59.7 Å². The van der Waals surface area contributed by atoms with Crippen LogP contribution in [0, 0.1) is 6.92 Å². The Kier molecular flexibility index (Phi) is 9.88. The van der Waals surface area contributed by atoms with Gasteiger partial charge in [0.15, 0.2) is 6.61 Å². The monoisotopic (exact) mass is 426 g/mol. The number of nitrogens with one attached hydrogen (secondary N) is 1. The van der Waals surface area contributed by atoms with Gasteiger partial charge in [0.1, 0.15) is 17.5 Å². The summed E-state index contributed by atoms with van der Waals surface area (Å²) < 4.78 is 10.9. The number of ether oxygens (including phenoxy) is 2. The fourth-order valence-electron chi connectivity index (χ4n) is 3.29. The molecule has 0 aliphatic rings. The highest BCUT2D eigenvalue weighted by Gasteiger charge is 2.28. The molecule has 6 nitrogen and oxygen atoms in total. The first-order valence-electron chi connectivity index (χ1n) is 10.9. The third-order valence-corrected chi connectivity index (χ3v) is 5.08. The Morgan fingerprint density at radius 2 is 1.81 bits per heavy atom. The van der Waals surface area contributed by atoms with Gasteiger partial charge in [0.25, 0.3) is 5.91 Å². The summed E-state index contributed by atoms with van der Waals surface area (Å²) in [6, 6.07) is 14.5. The molecule has 2 aromatic rings. The van der Waals surface area contributed by atoms with E-state index in [9.17, 15) is 9.59 Å². The molecular weight excluding hydrogens is 392 g/mol. The van der Waals surface area contributed by atoms with Crippen LogP contribution in [0.1, 0.15) is 44.2 Å². The van der Waals surface area contributed by atoms with Crippen LogP contribution in [0.15, 0.2) is 48.5 Å². The summed E-state index contributed by atoms with van der Waals surface area (Å²) in [5.41, 5.74) is 1.98. The van der Waals surface area contributed by atoms with Gasteiger partial charge in [-0.25, -0.2) is 0 Å². The number of unbranched alkanes of at least 4 members (excludes halogenated alkanes) is 1. The highest BCUT2D eigenvalue weighted by Crippen LogP contribution is 2.17. The lowest BCUT2D eigenvalue weighted by atomic mass is 10.1. The number of rotatable bonds is 12. The third-order valence-electron chi connectivity index (χ3n) is 5.08. The van der Waals surface area contributed by atoms with E-state index in [-0.39, 0.29) is 18.4 Å². The molecule has 1 unspecified atom stereocenters. The van der Waals surface area contributed by atoms with Crippen molar-refractivity contribution < 1.29 is 19.1 Å². The minimum atomic E-state index is -0.562. The van der Waals surface area contributed by atoms with Crippen molar-refractivity contribution >= 4 is 11.8 Å². The van der Waals surface area contributed by atoms with E-state index in [1.165, 1.54) is 0 Å². The first-order chi connectivity index (χ1) is 15.0. The minimum absolute atomic E-state index is 0.127. The van der Waals surface area contributed by atoms with Gasteiger partial charge >= 0.3 is 0 Å². The zero-order chi connectivity index (χ0) is 22.6. The van der Waals surface area contributed by atoms with Gasteiger partial charge in [-0.2, -0.15) is 0 Å². The second-order valence-electron chi connectivity index (χ2n) is 7.54. The van der Waals surface area contributed by atoms with Crippen LogP contribution in [-0.2, 0) is 16.1 Å². The molecule has 31 heavy (non-hydrogen) atoms. The van der Waals surface area contributed by atoms with Crippen molar-refractivity contribution in [2.75, 3.05) is 20.3 Å². The zero-order valence-corrected chi connectivity index (χ0v) is 19.0. The van der Waals surface area contributed by atoms with Gasteiger partial charge in [-0.3, -0.25) is 9.59 Å². The minimum Gasteiger partial charge on any atom is -0.497 e. The lowest BCUT2D eigenvalue weighted by Crippen LogP contribution is -2.50.